The van der Waals surface area contributed by atoms with Crippen molar-refractivity contribution in [3.8, 4) is 0 Å². The molecule has 0 aromatic rings. The molecule has 2 saturated heterocycles. The van der Waals surface area contributed by atoms with E-state index in [1.165, 1.54) is 6.08 Å². The van der Waals surface area contributed by atoms with Gasteiger partial charge in [-0.3, -0.25) is 0 Å². The molecule has 0 radical (unpaired) electrons. The van der Waals surface area contributed by atoms with Crippen LogP contribution in [0.25, 0.3) is 0 Å². The molecule has 8 atom stereocenters. The summed E-state index contributed by atoms with van der Waals surface area (Å²) < 4.78 is 16.6. The van der Waals surface area contributed by atoms with E-state index in [-0.39, 0.29) is 73.2 Å². The second-order valence-electron chi connectivity index (χ2n) is 9.49. The summed E-state index contributed by atoms with van der Waals surface area (Å²) in [6.07, 6.45) is 1.80. The van der Waals surface area contributed by atoms with Gasteiger partial charge in [-0.2, -0.15) is 0 Å². The van der Waals surface area contributed by atoms with Crippen LogP contribution in [-0.4, -0.2) is 77.1 Å². The van der Waals surface area contributed by atoms with Gasteiger partial charge in [0.1, 0.15) is 6.10 Å². The Hall–Kier alpha value is -0.520. The number of ether oxygens (including phenoxy) is 3. The molecule has 0 spiro atoms. The number of aliphatic hydroxyl groups excluding tert-OH is 3. The average Bonchev–Trinajstić information content (AvgIpc) is 3.51. The third kappa shape index (κ3) is 10.6. The molecule has 2 rings (SSSR count). The van der Waals surface area contributed by atoms with Crippen LogP contribution < -0.4 is 34.7 Å². The molecule has 3 N–H and O–H groups in total. The normalized spacial score (nSPS) is 30.7. The van der Waals surface area contributed by atoms with Crippen molar-refractivity contribution >= 4 is 11.9 Å². The molecule has 0 amide bonds. The summed E-state index contributed by atoms with van der Waals surface area (Å²) in [5, 5.41) is 41.1. The maximum atomic E-state index is 12.0. The molecule has 0 saturated carbocycles. The summed E-state index contributed by atoms with van der Waals surface area (Å²) in [5.41, 5.74) is 0.681. The largest absolute Gasteiger partial charge is 1.00 e. The third-order valence-corrected chi connectivity index (χ3v) is 6.58. The molecule has 10 heteroatoms. The fourth-order valence-corrected chi connectivity index (χ4v) is 4.23. The van der Waals surface area contributed by atoms with Crippen molar-refractivity contribution in [2.24, 2.45) is 11.8 Å². The number of aliphatic carboxylic acids is 1. The number of aliphatic hydroxyl groups is 3. The molecular formula is C24H39NaO9. The first-order valence-corrected chi connectivity index (χ1v) is 11.9. The molecule has 0 aliphatic carbocycles. The number of hydrogen-bond donors (Lipinski definition) is 3. The van der Waals surface area contributed by atoms with Gasteiger partial charge in [-0.05, 0) is 46.0 Å². The smallest absolute Gasteiger partial charge is 0.550 e. The van der Waals surface area contributed by atoms with Crippen molar-refractivity contribution in [3.63, 3.8) is 0 Å². The Bertz CT molecular complexity index is 669. The van der Waals surface area contributed by atoms with Crippen LogP contribution in [0.4, 0.5) is 0 Å². The van der Waals surface area contributed by atoms with E-state index in [1.807, 2.05) is 6.92 Å². The van der Waals surface area contributed by atoms with E-state index in [4.69, 9.17) is 14.2 Å². The second kappa shape index (κ2) is 15.6. The Labute approximate surface area is 224 Å². The number of unbranched alkanes of at least 4 members (excludes halogenated alkanes) is 3. The first-order valence-electron chi connectivity index (χ1n) is 11.9. The van der Waals surface area contributed by atoms with Crippen molar-refractivity contribution in [2.45, 2.75) is 102 Å². The van der Waals surface area contributed by atoms with Crippen LogP contribution in [0.5, 0.6) is 0 Å². The maximum absolute atomic E-state index is 12.0. The summed E-state index contributed by atoms with van der Waals surface area (Å²) >= 11 is 0. The maximum Gasteiger partial charge on any atom is 1.00 e. The van der Waals surface area contributed by atoms with Gasteiger partial charge in [0.05, 0.1) is 43.7 Å². The SMILES string of the molecule is C/C(=C\C(=O)OCCCCCCC(=O)[O-])C[C@@H]1OC[C@H](C[C@@H]2O[C@H]2[C@@H](C)[C@H](C)O)[C@@H](O)[C@H]1O.[Na+]. The van der Waals surface area contributed by atoms with Crippen LogP contribution >= 0.6 is 0 Å². The van der Waals surface area contributed by atoms with Gasteiger partial charge in [-0.15, -0.1) is 0 Å². The number of rotatable bonds is 14. The Kier molecular flexibility index (Phi) is 14.4. The first kappa shape index (κ1) is 31.5. The molecule has 2 fully saturated rings. The van der Waals surface area contributed by atoms with E-state index >= 15 is 0 Å². The minimum Gasteiger partial charge on any atom is -0.550 e. The zero-order valence-corrected chi connectivity index (χ0v) is 22.9. The number of carboxylic acids is 1. The van der Waals surface area contributed by atoms with Gasteiger partial charge in [0.2, 0.25) is 0 Å². The van der Waals surface area contributed by atoms with E-state index in [2.05, 4.69) is 0 Å². The Morgan fingerprint density at radius 1 is 1.12 bits per heavy atom. The topological polar surface area (TPSA) is 149 Å². The fourth-order valence-electron chi connectivity index (χ4n) is 4.23. The zero-order valence-electron chi connectivity index (χ0n) is 20.9. The van der Waals surface area contributed by atoms with E-state index < -0.39 is 36.4 Å². The Morgan fingerprint density at radius 3 is 2.44 bits per heavy atom. The van der Waals surface area contributed by atoms with Gasteiger partial charge >= 0.3 is 35.5 Å². The summed E-state index contributed by atoms with van der Waals surface area (Å²) in [6.45, 7) is 5.94. The van der Waals surface area contributed by atoms with Crippen LogP contribution in [0.3, 0.4) is 0 Å². The molecule has 0 aromatic heterocycles. The van der Waals surface area contributed by atoms with Crippen molar-refractivity contribution in [1.29, 1.82) is 0 Å². The predicted octanol–water partition coefficient (Wildman–Crippen LogP) is -2.52. The number of epoxide rings is 1. The first-order chi connectivity index (χ1) is 15.6. The summed E-state index contributed by atoms with van der Waals surface area (Å²) in [6, 6.07) is 0. The summed E-state index contributed by atoms with van der Waals surface area (Å²) in [4.78, 5) is 22.3. The van der Waals surface area contributed by atoms with Crippen LogP contribution in [-0.2, 0) is 23.8 Å². The third-order valence-electron chi connectivity index (χ3n) is 6.58. The fraction of sp³-hybridized carbons (Fsp3) is 0.833. The predicted molar refractivity (Wildman–Crippen MR) is 117 cm³/mol. The van der Waals surface area contributed by atoms with Crippen LogP contribution in [0, 0.1) is 11.8 Å². The molecule has 190 valence electrons. The van der Waals surface area contributed by atoms with E-state index in [9.17, 15) is 30.0 Å². The van der Waals surface area contributed by atoms with Crippen molar-refractivity contribution in [1.82, 2.24) is 0 Å². The molecule has 2 heterocycles. The number of carboxylic acid groups (broad SMARTS) is 1. The molecule has 9 nitrogen and oxygen atoms in total. The van der Waals surface area contributed by atoms with Crippen LogP contribution in [0.15, 0.2) is 11.6 Å². The van der Waals surface area contributed by atoms with Crippen LogP contribution in [0.2, 0.25) is 0 Å². The Morgan fingerprint density at radius 2 is 1.79 bits per heavy atom. The van der Waals surface area contributed by atoms with E-state index in [1.54, 1.807) is 13.8 Å². The van der Waals surface area contributed by atoms with Crippen LogP contribution in [0.1, 0.15) is 65.7 Å². The van der Waals surface area contributed by atoms with Gasteiger partial charge in [0, 0.05) is 23.9 Å². The monoisotopic (exact) mass is 494 g/mol. The van der Waals surface area contributed by atoms with Gasteiger partial charge in [-0.1, -0.05) is 25.3 Å². The van der Waals surface area contributed by atoms with Gasteiger partial charge in [-0.25, -0.2) is 4.79 Å². The Balaban J connectivity index is 0.00000578. The van der Waals surface area contributed by atoms with E-state index in [0.29, 0.717) is 31.3 Å². The van der Waals surface area contributed by atoms with Crippen molar-refractivity contribution in [2.75, 3.05) is 13.2 Å². The second-order valence-corrected chi connectivity index (χ2v) is 9.49. The van der Waals surface area contributed by atoms with Gasteiger partial charge < -0.3 is 39.4 Å². The molecule has 0 aromatic carbocycles. The minimum atomic E-state index is -1.07. The molecule has 34 heavy (non-hydrogen) atoms. The van der Waals surface area contributed by atoms with Gasteiger partial charge in [0.25, 0.3) is 0 Å². The minimum absolute atomic E-state index is 0. The van der Waals surface area contributed by atoms with Crippen molar-refractivity contribution < 1.29 is 73.8 Å². The van der Waals surface area contributed by atoms with Crippen molar-refractivity contribution in [3.05, 3.63) is 11.6 Å². The van der Waals surface area contributed by atoms with E-state index in [0.717, 1.165) is 12.8 Å². The number of carbonyl (C=O) groups is 2. The van der Waals surface area contributed by atoms with Gasteiger partial charge in [0.15, 0.2) is 0 Å². The summed E-state index contributed by atoms with van der Waals surface area (Å²) in [5.74, 6) is -1.77. The average molecular weight is 495 g/mol. The summed E-state index contributed by atoms with van der Waals surface area (Å²) in [7, 11) is 0. The number of hydrogen-bond acceptors (Lipinski definition) is 9. The standard InChI is InChI=1S/C24H40O9.Na/c1-14(11-21(28)31-9-7-5-4-6-8-20(26)27)10-18-23(30)22(29)17(13-32-18)12-19-24(33-19)15(2)16(3)25;/h11,15-19,22-25,29-30H,4-10,12-13H2,1-3H3,(H,26,27);/q;+1/p-1/b14-11+;/t15-,16-,17-,18-,19-,22+,23-,24-;/m0./s1. The molecule has 0 unspecified atom stereocenters. The molecule has 2 aliphatic rings. The molecular weight excluding hydrogens is 455 g/mol. The molecule has 2 aliphatic heterocycles. The quantitative estimate of drug-likeness (QED) is 0.0782. The number of carbonyl (C=O) groups excluding carboxylic acids is 2. The number of esters is 1. The molecule has 0 bridgehead atoms. The zero-order chi connectivity index (χ0) is 24.5.